The van der Waals surface area contributed by atoms with E-state index >= 15 is 0 Å². The highest BCUT2D eigenvalue weighted by Crippen LogP contribution is 2.24. The first-order valence-corrected chi connectivity index (χ1v) is 5.59. The van der Waals surface area contributed by atoms with Crippen LogP contribution in [0.4, 0.5) is 0 Å². The fourth-order valence-corrected chi connectivity index (χ4v) is 1.76. The second kappa shape index (κ2) is 5.95. The zero-order valence-electron chi connectivity index (χ0n) is 9.63. The van der Waals surface area contributed by atoms with E-state index in [4.69, 9.17) is 16.7 Å². The van der Waals surface area contributed by atoms with Gasteiger partial charge >= 0.3 is 5.97 Å². The van der Waals surface area contributed by atoms with Gasteiger partial charge in [-0.2, -0.15) is 0 Å². The third-order valence-electron chi connectivity index (χ3n) is 2.46. The third kappa shape index (κ3) is 3.53. The highest BCUT2D eigenvalue weighted by molar-refractivity contribution is 6.33. The van der Waals surface area contributed by atoms with E-state index in [9.17, 15) is 19.8 Å². The summed E-state index contributed by atoms with van der Waals surface area (Å²) in [5.74, 6) is -1.50. The van der Waals surface area contributed by atoms with Crippen molar-refractivity contribution in [3.63, 3.8) is 0 Å². The maximum atomic E-state index is 11.3. The number of Topliss-reactive ketones (excluding diaryl/α,β-unsaturated/α-hetero) is 1. The number of benzene rings is 1. The molecule has 0 heterocycles. The van der Waals surface area contributed by atoms with Gasteiger partial charge in [0, 0.05) is 5.56 Å². The number of hydrogen-bond acceptors (Lipinski definition) is 4. The minimum Gasteiger partial charge on any atom is -0.481 e. The second-order valence-corrected chi connectivity index (χ2v) is 4.31. The average molecular weight is 273 g/mol. The number of aliphatic hydroxyl groups is 2. The summed E-state index contributed by atoms with van der Waals surface area (Å²) < 4.78 is 0. The number of carboxylic acids is 1. The number of ketones is 1. The maximum Gasteiger partial charge on any atom is 0.306 e. The van der Waals surface area contributed by atoms with E-state index in [1.807, 2.05) is 0 Å². The van der Waals surface area contributed by atoms with Gasteiger partial charge in [-0.3, -0.25) is 9.59 Å². The first kappa shape index (κ1) is 14.6. The van der Waals surface area contributed by atoms with Crippen molar-refractivity contribution in [1.82, 2.24) is 0 Å². The van der Waals surface area contributed by atoms with E-state index in [-0.39, 0.29) is 21.9 Å². The fourth-order valence-electron chi connectivity index (χ4n) is 1.51. The first-order chi connectivity index (χ1) is 8.32. The number of carboxylic acid groups (broad SMARTS) is 1. The molecule has 6 heteroatoms. The molecule has 0 aliphatic heterocycles. The van der Waals surface area contributed by atoms with Crippen LogP contribution in [0.3, 0.4) is 0 Å². The summed E-state index contributed by atoms with van der Waals surface area (Å²) in [6.45, 7) is 1.32. The Labute approximate surface area is 109 Å². The molecule has 0 amide bonds. The molecule has 0 fully saturated rings. The van der Waals surface area contributed by atoms with Crippen LogP contribution in [0.1, 0.15) is 35.4 Å². The minimum atomic E-state index is -1.44. The Morgan fingerprint density at radius 3 is 2.44 bits per heavy atom. The van der Waals surface area contributed by atoms with Crippen molar-refractivity contribution in [2.75, 3.05) is 0 Å². The molecule has 1 aromatic rings. The van der Waals surface area contributed by atoms with Gasteiger partial charge in [-0.1, -0.05) is 17.7 Å². The Bertz CT molecular complexity index is 472. The van der Waals surface area contributed by atoms with Gasteiger partial charge < -0.3 is 15.3 Å². The average Bonchev–Trinajstić information content (AvgIpc) is 2.27. The normalized spacial score (nSPS) is 14.0. The molecule has 5 nitrogen and oxygen atoms in total. The Morgan fingerprint density at radius 1 is 1.33 bits per heavy atom. The number of carbonyl (C=O) groups excluding carboxylic acids is 1. The van der Waals surface area contributed by atoms with Crippen LogP contribution in [0.5, 0.6) is 0 Å². The molecule has 98 valence electrons. The van der Waals surface area contributed by atoms with Gasteiger partial charge in [0.1, 0.15) is 6.10 Å². The molecule has 1 aromatic carbocycles. The molecule has 0 bridgehead atoms. The zero-order valence-corrected chi connectivity index (χ0v) is 10.4. The number of aliphatic hydroxyl groups excluding tert-OH is 2. The topological polar surface area (TPSA) is 94.8 Å². The summed E-state index contributed by atoms with van der Waals surface area (Å²) in [4.78, 5) is 21.7. The summed E-state index contributed by atoms with van der Waals surface area (Å²) in [7, 11) is 0. The van der Waals surface area contributed by atoms with Crippen LogP contribution in [0.2, 0.25) is 5.02 Å². The lowest BCUT2D eigenvalue weighted by Crippen LogP contribution is -2.22. The molecule has 0 aromatic heterocycles. The fraction of sp³-hybridized carbons (Fsp3) is 0.333. The molecule has 0 aliphatic carbocycles. The molecule has 1 rings (SSSR count). The van der Waals surface area contributed by atoms with Gasteiger partial charge in [0.2, 0.25) is 0 Å². The lowest BCUT2D eigenvalue weighted by atomic mass is 9.99. The molecule has 0 saturated carbocycles. The summed E-state index contributed by atoms with van der Waals surface area (Å²) in [5.41, 5.74) is 0.467. The van der Waals surface area contributed by atoms with Crippen molar-refractivity contribution in [2.45, 2.75) is 25.6 Å². The summed E-state index contributed by atoms with van der Waals surface area (Å²) in [5, 5.41) is 28.0. The van der Waals surface area contributed by atoms with Crippen molar-refractivity contribution in [3.05, 3.63) is 34.3 Å². The predicted molar refractivity (Wildman–Crippen MR) is 64.7 cm³/mol. The van der Waals surface area contributed by atoms with E-state index in [0.717, 1.165) is 0 Å². The van der Waals surface area contributed by atoms with Gasteiger partial charge in [-0.05, 0) is 24.6 Å². The van der Waals surface area contributed by atoms with Gasteiger partial charge in [-0.15, -0.1) is 0 Å². The standard InChI is InChI=1S/C12H13ClO5/c1-6(14)8-4-7(2-3-9(8)13)12(18)10(15)5-11(16)17/h2-4,10,12,15,18H,5H2,1H3,(H,16,17). The lowest BCUT2D eigenvalue weighted by molar-refractivity contribution is -0.141. The molecule has 2 unspecified atom stereocenters. The number of rotatable bonds is 5. The summed E-state index contributed by atoms with van der Waals surface area (Å²) >= 11 is 5.80. The van der Waals surface area contributed by atoms with Crippen molar-refractivity contribution in [2.24, 2.45) is 0 Å². The van der Waals surface area contributed by atoms with Crippen LogP contribution in [-0.2, 0) is 4.79 Å². The molecule has 0 radical (unpaired) electrons. The van der Waals surface area contributed by atoms with Crippen LogP contribution < -0.4 is 0 Å². The van der Waals surface area contributed by atoms with Crippen molar-refractivity contribution in [1.29, 1.82) is 0 Å². The van der Waals surface area contributed by atoms with Crippen LogP contribution in [0, 0.1) is 0 Å². The van der Waals surface area contributed by atoms with Crippen LogP contribution >= 0.6 is 11.6 Å². The first-order valence-electron chi connectivity index (χ1n) is 5.21. The Hall–Kier alpha value is -1.43. The van der Waals surface area contributed by atoms with Crippen molar-refractivity contribution < 1.29 is 24.9 Å². The van der Waals surface area contributed by atoms with Crippen molar-refractivity contribution >= 4 is 23.4 Å². The Balaban J connectivity index is 2.99. The minimum absolute atomic E-state index is 0.218. The largest absolute Gasteiger partial charge is 0.481 e. The van der Waals surface area contributed by atoms with Crippen molar-refractivity contribution in [3.8, 4) is 0 Å². The van der Waals surface area contributed by atoms with E-state index in [1.165, 1.54) is 25.1 Å². The molecule has 18 heavy (non-hydrogen) atoms. The van der Waals surface area contributed by atoms with Gasteiger partial charge in [0.15, 0.2) is 5.78 Å². The lowest BCUT2D eigenvalue weighted by Gasteiger charge is -2.17. The van der Waals surface area contributed by atoms with E-state index in [1.54, 1.807) is 0 Å². The number of carbonyl (C=O) groups is 2. The quantitative estimate of drug-likeness (QED) is 0.705. The van der Waals surface area contributed by atoms with Gasteiger partial charge in [-0.25, -0.2) is 0 Å². The van der Waals surface area contributed by atoms with Crippen LogP contribution in [0.15, 0.2) is 18.2 Å². The van der Waals surface area contributed by atoms with E-state index in [0.29, 0.717) is 0 Å². The molecule has 3 N–H and O–H groups in total. The van der Waals surface area contributed by atoms with E-state index < -0.39 is 24.6 Å². The zero-order chi connectivity index (χ0) is 13.9. The Kier molecular flexibility index (Phi) is 4.84. The molecule has 2 atom stereocenters. The predicted octanol–water partition coefficient (Wildman–Crippen LogP) is 1.41. The molecular weight excluding hydrogens is 260 g/mol. The van der Waals surface area contributed by atoms with Gasteiger partial charge in [0.05, 0.1) is 17.5 Å². The summed E-state index contributed by atoms with van der Waals surface area (Å²) in [6, 6.07) is 4.20. The Morgan fingerprint density at radius 2 is 1.94 bits per heavy atom. The molecular formula is C12H13ClO5. The number of halogens is 1. The van der Waals surface area contributed by atoms with E-state index in [2.05, 4.69) is 0 Å². The number of aliphatic carboxylic acids is 1. The smallest absolute Gasteiger partial charge is 0.306 e. The monoisotopic (exact) mass is 272 g/mol. The maximum absolute atomic E-state index is 11.3. The highest BCUT2D eigenvalue weighted by atomic mass is 35.5. The molecule has 0 aliphatic rings. The highest BCUT2D eigenvalue weighted by Gasteiger charge is 2.22. The second-order valence-electron chi connectivity index (χ2n) is 3.91. The van der Waals surface area contributed by atoms with Gasteiger partial charge in [0.25, 0.3) is 0 Å². The number of hydrogen-bond donors (Lipinski definition) is 3. The SMILES string of the molecule is CC(=O)c1cc(C(O)C(O)CC(=O)O)ccc1Cl. The molecule has 0 spiro atoms. The molecule has 0 saturated heterocycles. The third-order valence-corrected chi connectivity index (χ3v) is 2.79. The van der Waals surface area contributed by atoms with Crippen LogP contribution in [0.25, 0.3) is 0 Å². The van der Waals surface area contributed by atoms with Crippen LogP contribution in [-0.4, -0.2) is 33.2 Å². The summed E-state index contributed by atoms with van der Waals surface area (Å²) in [6.07, 6.45) is -3.40.